The fraction of sp³-hybridized carbons (Fsp3) is 0.364. The van der Waals surface area contributed by atoms with Gasteiger partial charge in [0.05, 0.1) is 18.0 Å². The Balaban J connectivity index is 1.29. The average Bonchev–Trinajstić information content (AvgIpc) is 3.78. The van der Waals surface area contributed by atoms with Gasteiger partial charge >= 0.3 is 0 Å². The van der Waals surface area contributed by atoms with E-state index in [0.717, 1.165) is 16.7 Å². The summed E-state index contributed by atoms with van der Waals surface area (Å²) in [5, 5.41) is 10.6. The zero-order valence-corrected chi connectivity index (χ0v) is 28.4. The molecule has 2 saturated heterocycles. The monoisotopic (exact) mass is 709 g/mol. The van der Waals surface area contributed by atoms with Crippen LogP contribution in [-0.2, 0) is 31.6 Å². The molecule has 4 aromatic rings. The van der Waals surface area contributed by atoms with Gasteiger partial charge in [-0.05, 0) is 61.9 Å². The summed E-state index contributed by atoms with van der Waals surface area (Å²) in [5.74, 6) is -0.648. The molecule has 3 aliphatic heterocycles. The number of sulfonamides is 1. The Kier molecular flexibility index (Phi) is 8.53. The summed E-state index contributed by atoms with van der Waals surface area (Å²) in [7, 11) is -4.34. The summed E-state index contributed by atoms with van der Waals surface area (Å²) in [6.45, 7) is 2.46. The van der Waals surface area contributed by atoms with Crippen molar-refractivity contribution in [2.45, 2.75) is 61.7 Å². The SMILES string of the molecule is CC1(Cc2ccc(-c3cncnc3)cc2)C(=O)N(c2cc(Cl)cc(Cl)c2)c2ncc(S(=O)(=O)N3CCC[C@H]3C(=O)N3CCCC(O)C3)n21. The number of aliphatic hydroxyl groups excluding tert-OH is 1. The standard InChI is InChI=1S/C33H33Cl2N7O5S/c1-33(15-21-6-8-22(9-7-21)23-16-36-20-37-17-23)31(45)41(26-13-24(34)12-25(35)14-26)32-38-18-29(42(32)33)48(46,47)40-11-3-5-28(40)30(44)39-10-2-4-27(43)19-39/h6-9,12-14,16-18,20,27-28,43H,2-5,10-11,15,19H2,1H3/t27?,28-,33?/m0/s1. The number of halogens is 2. The van der Waals surface area contributed by atoms with Crippen LogP contribution < -0.4 is 4.90 Å². The number of aliphatic hydroxyl groups is 1. The second-order valence-electron chi connectivity index (χ2n) is 12.6. The fourth-order valence-electron chi connectivity index (χ4n) is 7.03. The third-order valence-corrected chi connectivity index (χ3v) is 11.6. The molecular formula is C33H33Cl2N7O5S. The van der Waals surface area contributed by atoms with Crippen LogP contribution in [0.2, 0.25) is 10.0 Å². The van der Waals surface area contributed by atoms with E-state index in [0.29, 0.717) is 48.0 Å². The van der Waals surface area contributed by atoms with Gasteiger partial charge in [0, 0.05) is 54.1 Å². The summed E-state index contributed by atoms with van der Waals surface area (Å²) in [6, 6.07) is 11.3. The lowest BCUT2D eigenvalue weighted by Gasteiger charge is -2.34. The number of fused-ring (bicyclic) bond motifs is 1. The van der Waals surface area contributed by atoms with Gasteiger partial charge in [0.2, 0.25) is 11.9 Å². The number of likely N-dealkylation sites (tertiary alicyclic amines) is 1. The van der Waals surface area contributed by atoms with Gasteiger partial charge < -0.3 is 10.0 Å². The summed E-state index contributed by atoms with van der Waals surface area (Å²) in [4.78, 5) is 43.7. The maximum Gasteiger partial charge on any atom is 0.261 e. The molecule has 3 atom stereocenters. The second kappa shape index (κ2) is 12.5. The molecule has 15 heteroatoms. The smallest absolute Gasteiger partial charge is 0.261 e. The van der Waals surface area contributed by atoms with Crippen LogP contribution in [0, 0.1) is 0 Å². The van der Waals surface area contributed by atoms with Gasteiger partial charge in [-0.15, -0.1) is 0 Å². The van der Waals surface area contributed by atoms with Crippen molar-refractivity contribution in [1.82, 2.24) is 28.7 Å². The molecule has 2 amide bonds. The lowest BCUT2D eigenvalue weighted by molar-refractivity contribution is -0.137. The highest BCUT2D eigenvalue weighted by molar-refractivity contribution is 7.89. The molecule has 2 unspecified atom stereocenters. The number of piperidine rings is 1. The first kappa shape index (κ1) is 32.7. The van der Waals surface area contributed by atoms with Gasteiger partial charge in [-0.1, -0.05) is 47.5 Å². The molecule has 7 rings (SSSR count). The predicted octanol–water partition coefficient (Wildman–Crippen LogP) is 4.42. The molecule has 0 spiro atoms. The molecular weight excluding hydrogens is 677 g/mol. The van der Waals surface area contributed by atoms with Gasteiger partial charge in [0.1, 0.15) is 17.9 Å². The number of amides is 2. The number of nitrogens with zero attached hydrogens (tertiary/aromatic N) is 7. The Morgan fingerprint density at radius 2 is 1.67 bits per heavy atom. The molecule has 0 radical (unpaired) electrons. The van der Waals surface area contributed by atoms with Gasteiger partial charge in [-0.25, -0.2) is 28.3 Å². The minimum Gasteiger partial charge on any atom is -0.391 e. The first-order valence-corrected chi connectivity index (χ1v) is 17.9. The molecule has 0 aliphatic carbocycles. The van der Waals surface area contributed by atoms with Gasteiger partial charge in [-0.2, -0.15) is 4.31 Å². The predicted molar refractivity (Wildman–Crippen MR) is 179 cm³/mol. The van der Waals surface area contributed by atoms with Crippen LogP contribution in [0.1, 0.15) is 38.2 Å². The van der Waals surface area contributed by atoms with Crippen molar-refractivity contribution >= 4 is 56.7 Å². The van der Waals surface area contributed by atoms with Crippen LogP contribution in [0.25, 0.3) is 11.1 Å². The van der Waals surface area contributed by atoms with Crippen molar-refractivity contribution < 1.29 is 23.1 Å². The van der Waals surface area contributed by atoms with E-state index in [1.807, 2.05) is 24.3 Å². The zero-order chi connectivity index (χ0) is 33.8. The average molecular weight is 711 g/mol. The van der Waals surface area contributed by atoms with E-state index in [-0.39, 0.29) is 36.4 Å². The minimum absolute atomic E-state index is 0.0960. The van der Waals surface area contributed by atoms with E-state index >= 15 is 0 Å². The first-order valence-electron chi connectivity index (χ1n) is 15.7. The Morgan fingerprint density at radius 3 is 2.35 bits per heavy atom. The normalized spacial score (nSPS) is 23.1. The first-order chi connectivity index (χ1) is 23.0. The molecule has 0 bridgehead atoms. The van der Waals surface area contributed by atoms with Crippen LogP contribution >= 0.6 is 23.2 Å². The topological polar surface area (TPSA) is 142 Å². The highest BCUT2D eigenvalue weighted by atomic mass is 35.5. The van der Waals surface area contributed by atoms with E-state index in [1.165, 1.54) is 26.3 Å². The van der Waals surface area contributed by atoms with Crippen molar-refractivity contribution in [1.29, 1.82) is 0 Å². The number of β-amino-alcohol motifs (C(OH)–C–C–N with tert-alkyl or cyclic N) is 1. The largest absolute Gasteiger partial charge is 0.391 e. The van der Waals surface area contributed by atoms with Crippen molar-refractivity contribution in [2.75, 3.05) is 24.5 Å². The van der Waals surface area contributed by atoms with Gasteiger partial charge in [-0.3, -0.25) is 14.2 Å². The molecule has 2 aromatic heterocycles. The molecule has 12 nitrogen and oxygen atoms in total. The summed E-state index contributed by atoms with van der Waals surface area (Å²) < 4.78 is 31.8. The zero-order valence-electron chi connectivity index (χ0n) is 26.0. The number of hydrogen-bond acceptors (Lipinski definition) is 8. The summed E-state index contributed by atoms with van der Waals surface area (Å²) in [5.41, 5.74) is 1.38. The van der Waals surface area contributed by atoms with Crippen LogP contribution in [0.5, 0.6) is 0 Å². The summed E-state index contributed by atoms with van der Waals surface area (Å²) >= 11 is 12.7. The number of anilines is 2. The number of aromatic nitrogens is 4. The molecule has 250 valence electrons. The molecule has 2 aromatic carbocycles. The number of imidazole rings is 1. The highest BCUT2D eigenvalue weighted by Crippen LogP contribution is 2.45. The van der Waals surface area contributed by atoms with Crippen LogP contribution in [0.4, 0.5) is 11.6 Å². The Hall–Kier alpha value is -3.88. The van der Waals surface area contributed by atoms with E-state index in [9.17, 15) is 23.1 Å². The van der Waals surface area contributed by atoms with Crippen molar-refractivity contribution in [3.05, 3.63) is 83.0 Å². The second-order valence-corrected chi connectivity index (χ2v) is 15.3. The van der Waals surface area contributed by atoms with E-state index < -0.39 is 33.6 Å². The van der Waals surface area contributed by atoms with Crippen molar-refractivity contribution in [3.8, 4) is 11.1 Å². The number of hydrogen-bond donors (Lipinski definition) is 1. The van der Waals surface area contributed by atoms with E-state index in [2.05, 4.69) is 15.0 Å². The summed E-state index contributed by atoms with van der Waals surface area (Å²) in [6.07, 6.45) is 7.70. The lowest BCUT2D eigenvalue weighted by Crippen LogP contribution is -2.52. The van der Waals surface area contributed by atoms with Crippen LogP contribution in [-0.4, -0.2) is 85.8 Å². The number of rotatable bonds is 7. The van der Waals surface area contributed by atoms with E-state index in [1.54, 1.807) is 42.4 Å². The Bertz CT molecular complexity index is 1970. The maximum atomic E-state index is 14.6. The third kappa shape index (κ3) is 5.67. The van der Waals surface area contributed by atoms with Crippen LogP contribution in [0.15, 0.2) is 72.4 Å². The van der Waals surface area contributed by atoms with Crippen LogP contribution in [0.3, 0.4) is 0 Å². The van der Waals surface area contributed by atoms with Gasteiger partial charge in [0.25, 0.3) is 15.9 Å². The number of benzene rings is 2. The van der Waals surface area contributed by atoms with Gasteiger partial charge in [0.15, 0.2) is 5.03 Å². The number of carbonyl (C=O) groups excluding carboxylic acids is 2. The Morgan fingerprint density at radius 1 is 0.979 bits per heavy atom. The lowest BCUT2D eigenvalue weighted by atomic mass is 9.91. The fourth-order valence-corrected chi connectivity index (χ4v) is 9.39. The van der Waals surface area contributed by atoms with E-state index in [4.69, 9.17) is 23.2 Å². The molecule has 1 N–H and O–H groups in total. The number of carbonyl (C=O) groups is 2. The maximum absolute atomic E-state index is 14.6. The quantitative estimate of drug-likeness (QED) is 0.297. The van der Waals surface area contributed by atoms with Crippen molar-refractivity contribution in [3.63, 3.8) is 0 Å². The highest BCUT2D eigenvalue weighted by Gasteiger charge is 2.53. The minimum atomic E-state index is -4.34. The molecule has 3 aliphatic rings. The molecule has 5 heterocycles. The molecule has 2 fully saturated rings. The third-order valence-electron chi connectivity index (χ3n) is 9.34. The molecule has 48 heavy (non-hydrogen) atoms. The van der Waals surface area contributed by atoms with Crippen molar-refractivity contribution in [2.24, 2.45) is 0 Å². The Labute approximate surface area is 288 Å². The molecule has 0 saturated carbocycles.